The Bertz CT molecular complexity index is 270. The molecule has 9 heteroatoms. The number of carbonyl (C=O) groups is 3. The third kappa shape index (κ3) is 10.6. The van der Waals surface area contributed by atoms with Gasteiger partial charge in [-0.25, -0.2) is 0 Å². The van der Waals surface area contributed by atoms with Crippen LogP contribution in [0.4, 0.5) is 0 Å². The molecule has 0 bridgehead atoms. The fraction of sp³-hybridized carbons (Fsp3) is 0.625. The molecule has 0 fully saturated rings. The number of carboxylic acid groups (broad SMARTS) is 2. The van der Waals surface area contributed by atoms with Crippen molar-refractivity contribution in [2.75, 3.05) is 13.1 Å². The minimum absolute atomic E-state index is 0.278. The number of aliphatic carboxylic acids is 2. The van der Waals surface area contributed by atoms with E-state index in [0.29, 0.717) is 0 Å². The van der Waals surface area contributed by atoms with Crippen LogP contribution in [0.1, 0.15) is 6.92 Å². The van der Waals surface area contributed by atoms with Gasteiger partial charge in [0, 0.05) is 0 Å². The highest BCUT2D eigenvalue weighted by Crippen LogP contribution is 1.96. The van der Waals surface area contributed by atoms with Gasteiger partial charge in [0.25, 0.3) is 0 Å². The van der Waals surface area contributed by atoms with Crippen molar-refractivity contribution in [1.82, 2.24) is 0 Å². The van der Waals surface area contributed by atoms with E-state index in [-0.39, 0.29) is 13.1 Å². The number of ether oxygens (including phenoxy) is 1. The van der Waals surface area contributed by atoms with E-state index in [4.69, 9.17) is 21.7 Å². The van der Waals surface area contributed by atoms with Gasteiger partial charge in [-0.15, -0.1) is 0 Å². The highest BCUT2D eigenvalue weighted by molar-refractivity contribution is 5.76. The van der Waals surface area contributed by atoms with Crippen molar-refractivity contribution in [3.63, 3.8) is 0 Å². The number of nitrogens with two attached hydrogens (primary N) is 3. The molecule has 0 radical (unpaired) electrons. The molecule has 0 spiro atoms. The van der Waals surface area contributed by atoms with Crippen LogP contribution in [0.5, 0.6) is 0 Å². The van der Waals surface area contributed by atoms with Gasteiger partial charge < -0.3 is 32.2 Å². The summed E-state index contributed by atoms with van der Waals surface area (Å²) < 4.78 is 4.55. The average molecular weight is 251 g/mol. The van der Waals surface area contributed by atoms with E-state index >= 15 is 0 Å². The van der Waals surface area contributed by atoms with Crippen LogP contribution >= 0.6 is 0 Å². The van der Waals surface area contributed by atoms with Crippen LogP contribution < -0.4 is 17.2 Å². The standard InChI is InChI=1S/C6H12N2O4.C2H5NO2/c1-3(5(8)6(10)11)12-4(9)2-7;3-1-2(4)5/h3,5H,2,7-8H2,1H3,(H,10,11);1,3H2,(H,4,5)/t3-,5+;/m1./s1. The minimum atomic E-state index is -1.22. The maximum Gasteiger partial charge on any atom is 0.324 e. The minimum Gasteiger partial charge on any atom is -0.480 e. The van der Waals surface area contributed by atoms with E-state index < -0.39 is 30.1 Å². The largest absolute Gasteiger partial charge is 0.480 e. The Hall–Kier alpha value is -1.71. The number of carbonyl (C=O) groups excluding carboxylic acids is 1. The lowest BCUT2D eigenvalue weighted by molar-refractivity contribution is -0.152. The van der Waals surface area contributed by atoms with Gasteiger partial charge in [-0.05, 0) is 6.92 Å². The van der Waals surface area contributed by atoms with Crippen LogP contribution in [0.2, 0.25) is 0 Å². The molecule has 0 aliphatic heterocycles. The summed E-state index contributed by atoms with van der Waals surface area (Å²) >= 11 is 0. The lowest BCUT2D eigenvalue weighted by Crippen LogP contribution is -2.43. The molecule has 0 aromatic rings. The van der Waals surface area contributed by atoms with Crippen molar-refractivity contribution in [3.05, 3.63) is 0 Å². The molecule has 0 unspecified atom stereocenters. The maximum absolute atomic E-state index is 10.6. The van der Waals surface area contributed by atoms with Gasteiger partial charge in [0.1, 0.15) is 12.1 Å². The molecule has 0 aliphatic carbocycles. The van der Waals surface area contributed by atoms with E-state index in [1.807, 2.05) is 0 Å². The molecule has 0 rings (SSSR count). The number of hydrogen-bond acceptors (Lipinski definition) is 7. The fourth-order valence-electron chi connectivity index (χ4n) is 0.530. The fourth-order valence-corrected chi connectivity index (χ4v) is 0.530. The van der Waals surface area contributed by atoms with Gasteiger partial charge >= 0.3 is 17.9 Å². The first kappa shape index (κ1) is 17.7. The lowest BCUT2D eigenvalue weighted by atomic mass is 10.2. The van der Waals surface area contributed by atoms with E-state index in [1.165, 1.54) is 6.92 Å². The Balaban J connectivity index is 0. The SMILES string of the molecule is C[C@@H](OC(=O)CN)[C@H](N)C(=O)O.NCC(=O)O. The first-order valence-electron chi connectivity index (χ1n) is 4.56. The molecule has 0 aromatic carbocycles. The summed E-state index contributed by atoms with van der Waals surface area (Å²) in [7, 11) is 0. The predicted molar refractivity (Wildman–Crippen MR) is 56.9 cm³/mol. The molecule has 8 N–H and O–H groups in total. The normalized spacial score (nSPS) is 12.7. The quantitative estimate of drug-likeness (QED) is 0.325. The molecular weight excluding hydrogens is 234 g/mol. The van der Waals surface area contributed by atoms with Crippen LogP contribution in [-0.2, 0) is 19.1 Å². The molecule has 0 saturated carbocycles. The number of esters is 1. The van der Waals surface area contributed by atoms with Crippen molar-refractivity contribution in [1.29, 1.82) is 0 Å². The van der Waals surface area contributed by atoms with Crippen LogP contribution in [0, 0.1) is 0 Å². The summed E-state index contributed by atoms with van der Waals surface area (Å²) in [4.78, 5) is 30.1. The number of hydrogen-bond donors (Lipinski definition) is 5. The first-order valence-corrected chi connectivity index (χ1v) is 4.56. The molecular formula is C8H17N3O6. The Morgan fingerprint density at radius 2 is 1.59 bits per heavy atom. The second-order valence-electron chi connectivity index (χ2n) is 2.86. The molecule has 2 atom stereocenters. The van der Waals surface area contributed by atoms with E-state index in [0.717, 1.165) is 0 Å². The van der Waals surface area contributed by atoms with Crippen molar-refractivity contribution < 1.29 is 29.3 Å². The first-order chi connectivity index (χ1) is 7.76. The summed E-state index contributed by atoms with van der Waals surface area (Å²) in [6.45, 7) is 0.836. The van der Waals surface area contributed by atoms with E-state index in [2.05, 4.69) is 10.5 Å². The lowest BCUT2D eigenvalue weighted by Gasteiger charge is -2.15. The third-order valence-corrected chi connectivity index (χ3v) is 1.45. The zero-order chi connectivity index (χ0) is 14.0. The van der Waals surface area contributed by atoms with Gasteiger partial charge in [-0.3, -0.25) is 14.4 Å². The zero-order valence-corrected chi connectivity index (χ0v) is 9.33. The molecule has 9 nitrogen and oxygen atoms in total. The van der Waals surface area contributed by atoms with Gasteiger partial charge in [0.15, 0.2) is 0 Å². The molecule has 100 valence electrons. The second kappa shape index (κ2) is 9.51. The van der Waals surface area contributed by atoms with Gasteiger partial charge in [0.2, 0.25) is 0 Å². The average Bonchev–Trinajstić information content (AvgIpc) is 2.28. The Morgan fingerprint density at radius 3 is 1.82 bits per heavy atom. The second-order valence-corrected chi connectivity index (χ2v) is 2.86. The Labute approximate surface area is 97.5 Å². The van der Waals surface area contributed by atoms with Gasteiger partial charge in [-0.2, -0.15) is 0 Å². The topological polar surface area (TPSA) is 179 Å². The zero-order valence-electron chi connectivity index (χ0n) is 9.33. The van der Waals surface area contributed by atoms with Gasteiger partial charge in [0.05, 0.1) is 13.1 Å². The maximum atomic E-state index is 10.6. The van der Waals surface area contributed by atoms with Crippen molar-refractivity contribution in [2.45, 2.75) is 19.1 Å². The van der Waals surface area contributed by atoms with E-state index in [9.17, 15) is 14.4 Å². The van der Waals surface area contributed by atoms with E-state index in [1.54, 1.807) is 0 Å². The summed E-state index contributed by atoms with van der Waals surface area (Å²) in [6.07, 6.45) is -0.862. The molecule has 0 amide bonds. The van der Waals surface area contributed by atoms with Gasteiger partial charge in [-0.1, -0.05) is 0 Å². The summed E-state index contributed by atoms with van der Waals surface area (Å²) in [5, 5.41) is 16.0. The molecule has 0 aromatic heterocycles. The van der Waals surface area contributed by atoms with Crippen LogP contribution in [-0.4, -0.2) is 53.4 Å². The van der Waals surface area contributed by atoms with Crippen molar-refractivity contribution >= 4 is 17.9 Å². The smallest absolute Gasteiger partial charge is 0.324 e. The molecule has 0 saturated heterocycles. The monoisotopic (exact) mass is 251 g/mol. The number of carboxylic acids is 2. The summed E-state index contributed by atoms with van der Waals surface area (Å²) in [6, 6.07) is -1.21. The summed E-state index contributed by atoms with van der Waals surface area (Å²) in [5.74, 6) is -2.85. The molecule has 0 aliphatic rings. The van der Waals surface area contributed by atoms with Crippen LogP contribution in [0.3, 0.4) is 0 Å². The van der Waals surface area contributed by atoms with Crippen molar-refractivity contribution in [3.8, 4) is 0 Å². The molecule has 0 heterocycles. The predicted octanol–water partition coefficient (Wildman–Crippen LogP) is -2.68. The Kier molecular flexibility index (Phi) is 9.89. The number of rotatable bonds is 5. The highest BCUT2D eigenvalue weighted by Gasteiger charge is 2.22. The molecule has 17 heavy (non-hydrogen) atoms. The van der Waals surface area contributed by atoms with Crippen LogP contribution in [0.15, 0.2) is 0 Å². The van der Waals surface area contributed by atoms with Crippen LogP contribution in [0.25, 0.3) is 0 Å². The third-order valence-electron chi connectivity index (χ3n) is 1.45. The van der Waals surface area contributed by atoms with Crippen molar-refractivity contribution in [2.24, 2.45) is 17.2 Å². The Morgan fingerprint density at radius 1 is 1.18 bits per heavy atom. The highest BCUT2D eigenvalue weighted by atomic mass is 16.5. The summed E-state index contributed by atoms with van der Waals surface area (Å²) in [5.41, 5.74) is 14.7.